The second kappa shape index (κ2) is 9.00. The molecule has 0 atom stereocenters. The van der Waals surface area contributed by atoms with Crippen molar-refractivity contribution in [1.82, 2.24) is 9.55 Å². The number of anilines is 2. The summed E-state index contributed by atoms with van der Waals surface area (Å²) < 4.78 is 0.686. The molecule has 0 fully saturated rings. The number of nitro benzene ring substituents is 6. The van der Waals surface area contributed by atoms with Crippen LogP contribution in [-0.4, -0.2) is 39.1 Å². The molecule has 0 amide bonds. The molecule has 2 aromatic carbocycles. The summed E-state index contributed by atoms with van der Waals surface area (Å²) in [6.45, 7) is 0. The SMILES string of the molecule is O=[N+]([O-])c1cc([N+](=O)[O-])c(Nc2cn(-c3c([N+](=O)[O-])cc([N+](=O)[O-])cc3[N+](=O)[O-])cn2)c([N+](=O)[O-])c1. The van der Waals surface area contributed by atoms with Gasteiger partial charge in [-0.25, -0.2) is 4.98 Å². The van der Waals surface area contributed by atoms with Crippen molar-refractivity contribution in [3.05, 3.63) is 97.5 Å². The number of rotatable bonds is 9. The van der Waals surface area contributed by atoms with E-state index in [-0.39, 0.29) is 0 Å². The first-order valence-electron chi connectivity index (χ1n) is 8.85. The van der Waals surface area contributed by atoms with Crippen LogP contribution in [0.1, 0.15) is 0 Å². The number of aromatic nitrogens is 2. The highest BCUT2D eigenvalue weighted by Crippen LogP contribution is 2.41. The van der Waals surface area contributed by atoms with Crippen molar-refractivity contribution < 1.29 is 29.5 Å². The second-order valence-electron chi connectivity index (χ2n) is 6.53. The molecule has 184 valence electrons. The van der Waals surface area contributed by atoms with Gasteiger partial charge in [0.25, 0.3) is 11.4 Å². The lowest BCUT2D eigenvalue weighted by molar-refractivity contribution is -0.402. The number of nitrogens with zero attached hydrogens (tertiary/aromatic N) is 8. The third kappa shape index (κ3) is 4.49. The number of hydrogen-bond donors (Lipinski definition) is 1. The normalized spacial score (nSPS) is 10.4. The Bertz CT molecular complexity index is 1430. The van der Waals surface area contributed by atoms with Crippen LogP contribution in [0.3, 0.4) is 0 Å². The van der Waals surface area contributed by atoms with Crippen molar-refractivity contribution in [2.24, 2.45) is 0 Å². The molecule has 1 heterocycles. The molecule has 1 N–H and O–H groups in total. The summed E-state index contributed by atoms with van der Waals surface area (Å²) in [5, 5.41) is 70.0. The minimum atomic E-state index is -1.15. The largest absolute Gasteiger partial charge is 0.328 e. The van der Waals surface area contributed by atoms with Gasteiger partial charge in [0.05, 0.1) is 60.0 Å². The Hall–Kier alpha value is -6.15. The number of nitro groups is 6. The summed E-state index contributed by atoms with van der Waals surface area (Å²) in [7, 11) is 0. The van der Waals surface area contributed by atoms with Crippen LogP contribution in [0, 0.1) is 60.7 Å². The zero-order chi connectivity index (χ0) is 26.9. The van der Waals surface area contributed by atoms with E-state index in [1.807, 2.05) is 0 Å². The van der Waals surface area contributed by atoms with Gasteiger partial charge < -0.3 is 5.32 Å². The van der Waals surface area contributed by atoms with Crippen LogP contribution >= 0.6 is 0 Å². The molecule has 0 aliphatic rings. The monoisotopic (exact) mass is 505 g/mol. The molecule has 36 heavy (non-hydrogen) atoms. The summed E-state index contributed by atoms with van der Waals surface area (Å²) in [4.78, 5) is 64.7. The molecule has 0 saturated heterocycles. The topological polar surface area (TPSA) is 289 Å². The van der Waals surface area contributed by atoms with E-state index in [0.29, 0.717) is 28.8 Å². The molecule has 0 bridgehead atoms. The molecule has 0 spiro atoms. The van der Waals surface area contributed by atoms with Crippen molar-refractivity contribution in [3.8, 4) is 5.69 Å². The number of benzene rings is 2. The summed E-state index contributed by atoms with van der Waals surface area (Å²) in [6, 6.07) is 1.81. The maximum atomic E-state index is 11.5. The van der Waals surface area contributed by atoms with Crippen LogP contribution in [0.5, 0.6) is 0 Å². The Morgan fingerprint density at radius 1 is 0.611 bits per heavy atom. The van der Waals surface area contributed by atoms with Crippen LogP contribution in [0.2, 0.25) is 0 Å². The molecule has 0 saturated carbocycles. The van der Waals surface area contributed by atoms with E-state index in [9.17, 15) is 60.7 Å². The molecule has 21 heteroatoms. The lowest BCUT2D eigenvalue weighted by atomic mass is 10.2. The molecule has 0 unspecified atom stereocenters. The summed E-state index contributed by atoms with van der Waals surface area (Å²) >= 11 is 0. The fraction of sp³-hybridized carbons (Fsp3) is 0. The fourth-order valence-electron chi connectivity index (χ4n) is 2.99. The predicted molar refractivity (Wildman–Crippen MR) is 113 cm³/mol. The van der Waals surface area contributed by atoms with Crippen LogP contribution < -0.4 is 5.32 Å². The lowest BCUT2D eigenvalue weighted by Crippen LogP contribution is -2.05. The van der Waals surface area contributed by atoms with E-state index < -0.39 is 80.9 Å². The molecular weight excluding hydrogens is 498 g/mol. The van der Waals surface area contributed by atoms with Gasteiger partial charge in [-0.1, -0.05) is 0 Å². The third-order valence-electron chi connectivity index (χ3n) is 4.44. The van der Waals surface area contributed by atoms with Gasteiger partial charge in [0.2, 0.25) is 5.69 Å². The summed E-state index contributed by atoms with van der Waals surface area (Å²) in [6.07, 6.45) is 1.57. The van der Waals surface area contributed by atoms with Crippen molar-refractivity contribution in [2.45, 2.75) is 0 Å². The van der Waals surface area contributed by atoms with Gasteiger partial charge in [-0.3, -0.25) is 65.3 Å². The molecule has 1 aromatic heterocycles. The number of nitrogens with one attached hydrogen (secondary N) is 1. The third-order valence-corrected chi connectivity index (χ3v) is 4.44. The van der Waals surface area contributed by atoms with E-state index in [1.54, 1.807) is 0 Å². The minimum Gasteiger partial charge on any atom is -0.328 e. The van der Waals surface area contributed by atoms with Gasteiger partial charge in [-0.15, -0.1) is 0 Å². The lowest BCUT2D eigenvalue weighted by Gasteiger charge is -2.06. The maximum Gasteiger partial charge on any atom is 0.307 e. The first-order valence-corrected chi connectivity index (χ1v) is 8.85. The zero-order valence-corrected chi connectivity index (χ0v) is 16.9. The van der Waals surface area contributed by atoms with Gasteiger partial charge in [0.15, 0.2) is 5.69 Å². The maximum absolute atomic E-state index is 11.5. The average molecular weight is 505 g/mol. The Morgan fingerprint density at radius 2 is 1.00 bits per heavy atom. The van der Waals surface area contributed by atoms with Crippen LogP contribution in [-0.2, 0) is 0 Å². The van der Waals surface area contributed by atoms with E-state index in [4.69, 9.17) is 0 Å². The number of imidazole rings is 1. The first kappa shape index (κ1) is 24.5. The molecular formula is C15H7N9O12. The molecule has 3 aromatic rings. The van der Waals surface area contributed by atoms with Crippen LogP contribution in [0.4, 0.5) is 45.6 Å². The highest BCUT2D eigenvalue weighted by molar-refractivity contribution is 5.80. The highest BCUT2D eigenvalue weighted by atomic mass is 16.6. The predicted octanol–water partition coefficient (Wildman–Crippen LogP) is 3.07. The van der Waals surface area contributed by atoms with Crippen molar-refractivity contribution in [1.29, 1.82) is 0 Å². The number of hydrogen-bond acceptors (Lipinski definition) is 14. The summed E-state index contributed by atoms with van der Waals surface area (Å²) in [5.41, 5.74) is -7.82. The smallest absolute Gasteiger partial charge is 0.307 e. The Kier molecular flexibility index (Phi) is 6.13. The van der Waals surface area contributed by atoms with Crippen LogP contribution in [0.15, 0.2) is 36.8 Å². The average Bonchev–Trinajstić information content (AvgIpc) is 3.25. The molecule has 0 aliphatic carbocycles. The molecule has 0 aliphatic heterocycles. The van der Waals surface area contributed by atoms with Gasteiger partial charge in [-0.2, -0.15) is 0 Å². The zero-order valence-electron chi connectivity index (χ0n) is 16.9. The second-order valence-corrected chi connectivity index (χ2v) is 6.53. The van der Waals surface area contributed by atoms with E-state index in [0.717, 1.165) is 12.5 Å². The van der Waals surface area contributed by atoms with E-state index in [1.165, 1.54) is 0 Å². The Balaban J connectivity index is 2.20. The van der Waals surface area contributed by atoms with Crippen molar-refractivity contribution in [2.75, 3.05) is 5.32 Å². The van der Waals surface area contributed by atoms with Crippen molar-refractivity contribution in [3.63, 3.8) is 0 Å². The molecule has 0 radical (unpaired) electrons. The van der Waals surface area contributed by atoms with E-state index in [2.05, 4.69) is 10.3 Å². The quantitative estimate of drug-likeness (QED) is 0.323. The van der Waals surface area contributed by atoms with Gasteiger partial charge in [0, 0.05) is 0 Å². The summed E-state index contributed by atoms with van der Waals surface area (Å²) in [5.74, 6) is -0.461. The Morgan fingerprint density at radius 3 is 1.36 bits per heavy atom. The number of non-ortho nitro benzene ring substituents is 2. The van der Waals surface area contributed by atoms with Gasteiger partial charge >= 0.3 is 22.7 Å². The standard InChI is InChI=1S/C15H7N9O12/c25-19(26)7-1-9(21(29)30)14(10(2-7)22(31)32)17-13-5-18(6-16-13)15-11(23(33)34)3-8(20(27)28)4-12(15)24(35)36/h1-6,17H. The Labute approximate surface area is 194 Å². The highest BCUT2D eigenvalue weighted by Gasteiger charge is 2.34. The fourth-order valence-corrected chi connectivity index (χ4v) is 2.99. The first-order chi connectivity index (χ1) is 16.8. The minimum absolute atomic E-state index is 0.443. The van der Waals surface area contributed by atoms with Crippen LogP contribution in [0.25, 0.3) is 5.69 Å². The van der Waals surface area contributed by atoms with E-state index >= 15 is 0 Å². The van der Waals surface area contributed by atoms with Gasteiger partial charge in [-0.05, 0) is 0 Å². The van der Waals surface area contributed by atoms with Crippen molar-refractivity contribution >= 4 is 45.6 Å². The van der Waals surface area contributed by atoms with Gasteiger partial charge in [0.1, 0.15) is 12.1 Å². The molecule has 3 rings (SSSR count). The molecule has 21 nitrogen and oxygen atoms in total.